The summed E-state index contributed by atoms with van der Waals surface area (Å²) in [5.41, 5.74) is 0.496. The van der Waals surface area contributed by atoms with Crippen molar-refractivity contribution >= 4 is 16.7 Å². The number of rotatable bonds is 1. The largest absolute Gasteiger partial charge is 0.477 e. The summed E-state index contributed by atoms with van der Waals surface area (Å²) in [7, 11) is 0. The van der Waals surface area contributed by atoms with E-state index in [2.05, 4.69) is 4.98 Å². The molecule has 2 rings (SSSR count). The number of hydrogen-bond donors (Lipinski definition) is 1. The van der Waals surface area contributed by atoms with Crippen molar-refractivity contribution in [3.63, 3.8) is 0 Å². The average Bonchev–Trinajstić information content (AvgIpc) is 2.18. The van der Waals surface area contributed by atoms with Gasteiger partial charge >= 0.3 is 5.97 Å². The number of aromatic nitrogens is 1. The van der Waals surface area contributed by atoms with Gasteiger partial charge in [0.25, 0.3) is 0 Å². The molecular formula is C11H8FNO2. The van der Waals surface area contributed by atoms with E-state index in [1.54, 1.807) is 13.0 Å². The quantitative estimate of drug-likeness (QED) is 0.777. The molecule has 15 heavy (non-hydrogen) atoms. The van der Waals surface area contributed by atoms with Crippen LogP contribution in [-0.4, -0.2) is 16.1 Å². The van der Waals surface area contributed by atoms with Crippen molar-refractivity contribution in [1.29, 1.82) is 0 Å². The van der Waals surface area contributed by atoms with E-state index in [4.69, 9.17) is 5.11 Å². The molecule has 0 saturated carbocycles. The van der Waals surface area contributed by atoms with E-state index in [1.165, 1.54) is 18.2 Å². The Hall–Kier alpha value is -1.97. The van der Waals surface area contributed by atoms with Gasteiger partial charge in [0.2, 0.25) is 0 Å². The van der Waals surface area contributed by atoms with Crippen molar-refractivity contribution in [1.82, 2.24) is 4.98 Å². The Bertz CT molecular complexity index is 552. The standard InChI is InChI=1S/C11H8FNO2/c1-6-9-5-8(12)3-2-7(9)4-10(13-6)11(14)15/h2-5H,1H3,(H,14,15). The molecule has 0 aliphatic rings. The van der Waals surface area contributed by atoms with Crippen LogP contribution in [0.2, 0.25) is 0 Å². The smallest absolute Gasteiger partial charge is 0.354 e. The maximum absolute atomic E-state index is 12.9. The van der Waals surface area contributed by atoms with Gasteiger partial charge in [0.15, 0.2) is 0 Å². The SMILES string of the molecule is Cc1nc(C(=O)O)cc2ccc(F)cc12. The second kappa shape index (κ2) is 3.31. The molecule has 2 aromatic rings. The molecule has 0 aliphatic carbocycles. The third-order valence-electron chi connectivity index (χ3n) is 2.20. The Morgan fingerprint density at radius 3 is 2.80 bits per heavy atom. The lowest BCUT2D eigenvalue weighted by Gasteiger charge is -2.03. The van der Waals surface area contributed by atoms with Crippen LogP contribution in [-0.2, 0) is 0 Å². The molecule has 0 radical (unpaired) electrons. The fraction of sp³-hybridized carbons (Fsp3) is 0.0909. The molecule has 0 spiro atoms. The summed E-state index contributed by atoms with van der Waals surface area (Å²) in [6, 6.07) is 5.63. The zero-order valence-electron chi connectivity index (χ0n) is 7.99. The number of aryl methyl sites for hydroxylation is 1. The number of carboxylic acid groups (broad SMARTS) is 1. The molecule has 0 saturated heterocycles. The monoisotopic (exact) mass is 205 g/mol. The number of aromatic carboxylic acids is 1. The summed E-state index contributed by atoms with van der Waals surface area (Å²) in [5.74, 6) is -1.43. The normalized spacial score (nSPS) is 10.5. The lowest BCUT2D eigenvalue weighted by molar-refractivity contribution is 0.0690. The average molecular weight is 205 g/mol. The van der Waals surface area contributed by atoms with Crippen LogP contribution in [0.3, 0.4) is 0 Å². The van der Waals surface area contributed by atoms with E-state index in [9.17, 15) is 9.18 Å². The van der Waals surface area contributed by atoms with Gasteiger partial charge < -0.3 is 5.11 Å². The minimum atomic E-state index is -1.08. The van der Waals surface area contributed by atoms with Crippen molar-refractivity contribution in [2.45, 2.75) is 6.92 Å². The van der Waals surface area contributed by atoms with E-state index in [1.807, 2.05) is 0 Å². The first-order chi connectivity index (χ1) is 7.08. The minimum absolute atomic E-state index is 0.0217. The number of benzene rings is 1. The van der Waals surface area contributed by atoms with E-state index in [0.717, 1.165) is 0 Å². The van der Waals surface area contributed by atoms with Gasteiger partial charge in [0.1, 0.15) is 11.5 Å². The molecular weight excluding hydrogens is 197 g/mol. The van der Waals surface area contributed by atoms with Crippen molar-refractivity contribution in [2.75, 3.05) is 0 Å². The van der Waals surface area contributed by atoms with Crippen molar-refractivity contribution in [2.24, 2.45) is 0 Å². The Morgan fingerprint density at radius 2 is 2.13 bits per heavy atom. The molecule has 3 nitrogen and oxygen atoms in total. The van der Waals surface area contributed by atoms with E-state index < -0.39 is 5.97 Å². The highest BCUT2D eigenvalue weighted by molar-refractivity contribution is 5.93. The van der Waals surface area contributed by atoms with E-state index in [0.29, 0.717) is 16.5 Å². The van der Waals surface area contributed by atoms with Crippen molar-refractivity contribution < 1.29 is 14.3 Å². The Balaban J connectivity index is 2.78. The van der Waals surface area contributed by atoms with Crippen LogP contribution in [0.15, 0.2) is 24.3 Å². The van der Waals surface area contributed by atoms with Crippen LogP contribution in [0.1, 0.15) is 16.2 Å². The molecule has 0 atom stereocenters. The molecule has 1 aromatic heterocycles. The molecule has 4 heteroatoms. The predicted octanol–water partition coefficient (Wildman–Crippen LogP) is 2.38. The van der Waals surface area contributed by atoms with Crippen LogP contribution in [0, 0.1) is 12.7 Å². The van der Waals surface area contributed by atoms with E-state index >= 15 is 0 Å². The van der Waals surface area contributed by atoms with Crippen LogP contribution < -0.4 is 0 Å². The molecule has 0 aliphatic heterocycles. The fourth-order valence-electron chi connectivity index (χ4n) is 1.50. The number of pyridine rings is 1. The number of halogens is 1. The van der Waals surface area contributed by atoms with Gasteiger partial charge in [-0.2, -0.15) is 0 Å². The van der Waals surface area contributed by atoms with Gasteiger partial charge in [-0.3, -0.25) is 0 Å². The highest BCUT2D eigenvalue weighted by atomic mass is 19.1. The van der Waals surface area contributed by atoms with Crippen LogP contribution in [0.25, 0.3) is 10.8 Å². The lowest BCUT2D eigenvalue weighted by Crippen LogP contribution is -2.01. The first-order valence-electron chi connectivity index (χ1n) is 4.38. The van der Waals surface area contributed by atoms with Gasteiger partial charge in [-0.25, -0.2) is 14.2 Å². The number of nitrogens with zero attached hydrogens (tertiary/aromatic N) is 1. The summed E-state index contributed by atoms with van der Waals surface area (Å²) < 4.78 is 12.9. The van der Waals surface area contributed by atoms with Crippen molar-refractivity contribution in [3.05, 3.63) is 41.5 Å². The maximum Gasteiger partial charge on any atom is 0.354 e. The summed E-state index contributed by atoms with van der Waals surface area (Å²) in [6.07, 6.45) is 0. The van der Waals surface area contributed by atoms with E-state index in [-0.39, 0.29) is 11.5 Å². The molecule has 0 amide bonds. The lowest BCUT2D eigenvalue weighted by atomic mass is 10.1. The third kappa shape index (κ3) is 1.66. The first kappa shape index (κ1) is 9.58. The summed E-state index contributed by atoms with van der Waals surface area (Å²) in [6.45, 7) is 1.66. The topological polar surface area (TPSA) is 50.2 Å². The highest BCUT2D eigenvalue weighted by Gasteiger charge is 2.08. The van der Waals surface area contributed by atoms with Gasteiger partial charge in [0.05, 0.1) is 0 Å². The number of carboxylic acids is 1. The summed E-state index contributed by atoms with van der Waals surface area (Å²) in [4.78, 5) is 14.6. The molecule has 1 aromatic carbocycles. The number of carbonyl (C=O) groups is 1. The fourth-order valence-corrected chi connectivity index (χ4v) is 1.50. The van der Waals surface area contributed by atoms with Gasteiger partial charge in [-0.05, 0) is 30.5 Å². The molecule has 0 fully saturated rings. The minimum Gasteiger partial charge on any atom is -0.477 e. The zero-order valence-corrected chi connectivity index (χ0v) is 7.99. The van der Waals surface area contributed by atoms with Crippen LogP contribution in [0.5, 0.6) is 0 Å². The summed E-state index contributed by atoms with van der Waals surface area (Å²) in [5, 5.41) is 10.1. The second-order valence-corrected chi connectivity index (χ2v) is 3.26. The Morgan fingerprint density at radius 1 is 1.40 bits per heavy atom. The Kier molecular flexibility index (Phi) is 2.11. The molecule has 1 heterocycles. The Labute approximate surface area is 85.2 Å². The van der Waals surface area contributed by atoms with Crippen LogP contribution in [0.4, 0.5) is 4.39 Å². The molecule has 76 valence electrons. The zero-order chi connectivity index (χ0) is 11.0. The second-order valence-electron chi connectivity index (χ2n) is 3.26. The molecule has 0 bridgehead atoms. The van der Waals surface area contributed by atoms with Gasteiger partial charge in [0, 0.05) is 11.1 Å². The van der Waals surface area contributed by atoms with Gasteiger partial charge in [-0.1, -0.05) is 6.07 Å². The predicted molar refractivity (Wildman–Crippen MR) is 53.4 cm³/mol. The third-order valence-corrected chi connectivity index (χ3v) is 2.20. The molecule has 0 unspecified atom stereocenters. The van der Waals surface area contributed by atoms with Crippen LogP contribution >= 0.6 is 0 Å². The molecule has 1 N–H and O–H groups in total. The van der Waals surface area contributed by atoms with Gasteiger partial charge in [-0.15, -0.1) is 0 Å². The van der Waals surface area contributed by atoms with Crippen molar-refractivity contribution in [3.8, 4) is 0 Å². The maximum atomic E-state index is 12.9. The first-order valence-corrected chi connectivity index (χ1v) is 4.38. The number of fused-ring (bicyclic) bond motifs is 1. The summed E-state index contributed by atoms with van der Waals surface area (Å²) >= 11 is 0. The number of hydrogen-bond acceptors (Lipinski definition) is 2. The highest BCUT2D eigenvalue weighted by Crippen LogP contribution is 2.19.